The van der Waals surface area contributed by atoms with E-state index in [0.29, 0.717) is 13.2 Å². The van der Waals surface area contributed by atoms with Gasteiger partial charge in [-0.1, -0.05) is 35.2 Å². The highest BCUT2D eigenvalue weighted by Crippen LogP contribution is 2.31. The van der Waals surface area contributed by atoms with E-state index in [1.165, 1.54) is 11.3 Å². The van der Waals surface area contributed by atoms with Crippen molar-refractivity contribution < 1.29 is 9.47 Å². The molecule has 0 saturated carbocycles. The molecule has 0 aliphatic rings. The Hall–Kier alpha value is -1.31. The molecule has 0 aliphatic carbocycles. The van der Waals surface area contributed by atoms with Crippen LogP contribution >= 0.6 is 23.1 Å². The zero-order chi connectivity index (χ0) is 14.2. The van der Waals surface area contributed by atoms with Gasteiger partial charge in [0.05, 0.1) is 18.9 Å². The molecule has 1 aromatic carbocycles. The Kier molecular flexibility index (Phi) is 6.10. The standard InChI is InChI=1S/C13H17N3O2S2/c1-3-18-11-7-5-4-6-10(11)14-12-15-16-13(20-12)19-9-8-17-2/h4-7H,3,8-9H2,1-2H3,(H,14,15). The Morgan fingerprint density at radius 1 is 1.30 bits per heavy atom. The number of anilines is 2. The van der Waals surface area contributed by atoms with Crippen LogP contribution in [0.2, 0.25) is 0 Å². The Bertz CT molecular complexity index is 534. The summed E-state index contributed by atoms with van der Waals surface area (Å²) in [6.07, 6.45) is 0. The van der Waals surface area contributed by atoms with Gasteiger partial charge in [0.1, 0.15) is 5.75 Å². The largest absolute Gasteiger partial charge is 0.492 e. The van der Waals surface area contributed by atoms with Gasteiger partial charge in [-0.2, -0.15) is 0 Å². The molecule has 0 saturated heterocycles. The number of thioether (sulfide) groups is 1. The first-order valence-electron chi connectivity index (χ1n) is 6.27. The van der Waals surface area contributed by atoms with Crippen LogP contribution < -0.4 is 10.1 Å². The van der Waals surface area contributed by atoms with Crippen molar-refractivity contribution in [2.45, 2.75) is 11.3 Å². The zero-order valence-corrected chi connectivity index (χ0v) is 13.1. The zero-order valence-electron chi connectivity index (χ0n) is 11.5. The minimum atomic E-state index is 0.632. The molecule has 2 aromatic rings. The maximum absolute atomic E-state index is 5.57. The molecule has 0 spiro atoms. The number of aromatic nitrogens is 2. The van der Waals surface area contributed by atoms with Gasteiger partial charge in [0.15, 0.2) is 4.34 Å². The topological polar surface area (TPSA) is 56.3 Å². The van der Waals surface area contributed by atoms with Crippen LogP contribution in [0, 0.1) is 0 Å². The van der Waals surface area contributed by atoms with Gasteiger partial charge in [0.2, 0.25) is 5.13 Å². The number of hydrogen-bond donors (Lipinski definition) is 1. The number of para-hydroxylation sites is 2. The van der Waals surface area contributed by atoms with E-state index in [2.05, 4.69) is 15.5 Å². The van der Waals surface area contributed by atoms with Gasteiger partial charge in [0, 0.05) is 12.9 Å². The molecule has 7 heteroatoms. The molecule has 0 fully saturated rings. The first-order valence-corrected chi connectivity index (χ1v) is 8.07. The molecule has 2 rings (SSSR count). The summed E-state index contributed by atoms with van der Waals surface area (Å²) < 4.78 is 11.5. The number of hydrogen-bond acceptors (Lipinski definition) is 7. The fourth-order valence-electron chi connectivity index (χ4n) is 1.50. The number of benzene rings is 1. The van der Waals surface area contributed by atoms with Crippen molar-refractivity contribution >= 4 is 33.9 Å². The lowest BCUT2D eigenvalue weighted by Gasteiger charge is -2.09. The van der Waals surface area contributed by atoms with Gasteiger partial charge in [-0.05, 0) is 19.1 Å². The van der Waals surface area contributed by atoms with Crippen molar-refractivity contribution in [2.75, 3.05) is 31.4 Å². The van der Waals surface area contributed by atoms with E-state index in [-0.39, 0.29) is 0 Å². The summed E-state index contributed by atoms with van der Waals surface area (Å²) in [5, 5.41) is 12.3. The summed E-state index contributed by atoms with van der Waals surface area (Å²) in [7, 11) is 1.69. The second kappa shape index (κ2) is 8.08. The van der Waals surface area contributed by atoms with Gasteiger partial charge in [-0.15, -0.1) is 10.2 Å². The van der Waals surface area contributed by atoms with E-state index in [9.17, 15) is 0 Å². The van der Waals surface area contributed by atoms with E-state index in [4.69, 9.17) is 9.47 Å². The van der Waals surface area contributed by atoms with Crippen molar-refractivity contribution in [3.05, 3.63) is 24.3 Å². The van der Waals surface area contributed by atoms with Gasteiger partial charge < -0.3 is 14.8 Å². The van der Waals surface area contributed by atoms with E-state index in [0.717, 1.165) is 26.7 Å². The van der Waals surface area contributed by atoms with E-state index < -0.39 is 0 Å². The third kappa shape index (κ3) is 4.36. The average molecular weight is 311 g/mol. The number of nitrogens with one attached hydrogen (secondary N) is 1. The molecule has 20 heavy (non-hydrogen) atoms. The molecule has 0 bridgehead atoms. The minimum Gasteiger partial charge on any atom is -0.492 e. The average Bonchev–Trinajstić information content (AvgIpc) is 2.89. The van der Waals surface area contributed by atoms with Crippen LogP contribution in [0.5, 0.6) is 5.75 Å². The summed E-state index contributed by atoms with van der Waals surface area (Å²) >= 11 is 3.16. The minimum absolute atomic E-state index is 0.632. The summed E-state index contributed by atoms with van der Waals surface area (Å²) in [6, 6.07) is 7.80. The van der Waals surface area contributed by atoms with Crippen molar-refractivity contribution in [2.24, 2.45) is 0 Å². The second-order valence-corrected chi connectivity index (χ2v) is 6.09. The molecule has 108 valence electrons. The molecular weight excluding hydrogens is 294 g/mol. The Labute approximate surface area is 126 Å². The summed E-state index contributed by atoms with van der Waals surface area (Å²) in [5.41, 5.74) is 0.902. The van der Waals surface area contributed by atoms with Gasteiger partial charge in [0.25, 0.3) is 0 Å². The molecule has 1 N–H and O–H groups in total. The molecule has 0 unspecified atom stereocenters. The van der Waals surface area contributed by atoms with Crippen LogP contribution in [0.3, 0.4) is 0 Å². The van der Waals surface area contributed by atoms with Crippen molar-refractivity contribution in [3.63, 3.8) is 0 Å². The first kappa shape index (κ1) is 15.1. The fourth-order valence-corrected chi connectivity index (χ4v) is 3.23. The van der Waals surface area contributed by atoms with Crippen LogP contribution in [0.25, 0.3) is 0 Å². The van der Waals surface area contributed by atoms with Crippen molar-refractivity contribution in [1.82, 2.24) is 10.2 Å². The van der Waals surface area contributed by atoms with Crippen LogP contribution in [-0.2, 0) is 4.74 Å². The van der Waals surface area contributed by atoms with E-state index in [1.807, 2.05) is 31.2 Å². The number of rotatable bonds is 8. The van der Waals surface area contributed by atoms with Crippen LogP contribution in [0.1, 0.15) is 6.92 Å². The summed E-state index contributed by atoms with van der Waals surface area (Å²) in [5.74, 6) is 1.69. The summed E-state index contributed by atoms with van der Waals surface area (Å²) in [4.78, 5) is 0. The predicted octanol–water partition coefficient (Wildman–Crippen LogP) is 3.42. The fraction of sp³-hybridized carbons (Fsp3) is 0.385. The van der Waals surface area contributed by atoms with Crippen LogP contribution in [-0.4, -0.2) is 36.3 Å². The van der Waals surface area contributed by atoms with Crippen LogP contribution in [0.4, 0.5) is 10.8 Å². The van der Waals surface area contributed by atoms with Gasteiger partial charge in [-0.3, -0.25) is 0 Å². The van der Waals surface area contributed by atoms with Crippen molar-refractivity contribution in [3.8, 4) is 5.75 Å². The number of ether oxygens (including phenoxy) is 2. The Morgan fingerprint density at radius 2 is 2.15 bits per heavy atom. The quantitative estimate of drug-likeness (QED) is 0.595. The van der Waals surface area contributed by atoms with Crippen LogP contribution in [0.15, 0.2) is 28.6 Å². The first-order chi connectivity index (χ1) is 9.83. The highest BCUT2D eigenvalue weighted by Gasteiger charge is 2.08. The van der Waals surface area contributed by atoms with Gasteiger partial charge in [-0.25, -0.2) is 0 Å². The van der Waals surface area contributed by atoms with Crippen molar-refractivity contribution in [1.29, 1.82) is 0 Å². The highest BCUT2D eigenvalue weighted by atomic mass is 32.2. The molecule has 0 amide bonds. The molecule has 0 radical (unpaired) electrons. The maximum Gasteiger partial charge on any atom is 0.210 e. The monoisotopic (exact) mass is 311 g/mol. The highest BCUT2D eigenvalue weighted by molar-refractivity contribution is 8.01. The predicted molar refractivity (Wildman–Crippen MR) is 83.4 cm³/mol. The van der Waals surface area contributed by atoms with Gasteiger partial charge >= 0.3 is 0 Å². The molecular formula is C13H17N3O2S2. The molecule has 5 nitrogen and oxygen atoms in total. The number of nitrogens with zero attached hydrogens (tertiary/aromatic N) is 2. The third-order valence-corrected chi connectivity index (χ3v) is 4.28. The lowest BCUT2D eigenvalue weighted by Crippen LogP contribution is -1.97. The number of methoxy groups -OCH3 is 1. The Balaban J connectivity index is 1.99. The maximum atomic E-state index is 5.57. The lowest BCUT2D eigenvalue weighted by atomic mass is 10.3. The normalized spacial score (nSPS) is 10.5. The Morgan fingerprint density at radius 3 is 2.95 bits per heavy atom. The lowest BCUT2D eigenvalue weighted by molar-refractivity contribution is 0.218. The molecule has 0 atom stereocenters. The summed E-state index contributed by atoms with van der Waals surface area (Å²) in [6.45, 7) is 3.30. The molecule has 0 aliphatic heterocycles. The second-order valence-electron chi connectivity index (χ2n) is 3.77. The SMILES string of the molecule is CCOc1ccccc1Nc1nnc(SCCOC)s1. The molecule has 1 aromatic heterocycles. The van der Waals surface area contributed by atoms with E-state index >= 15 is 0 Å². The van der Waals surface area contributed by atoms with E-state index in [1.54, 1.807) is 18.9 Å². The molecule has 1 heterocycles. The third-order valence-electron chi connectivity index (χ3n) is 2.35. The smallest absolute Gasteiger partial charge is 0.210 e.